The molecule has 2 aromatic carbocycles. The Morgan fingerprint density at radius 1 is 1.19 bits per heavy atom. The minimum Gasteiger partial charge on any atom is -0.377 e. The predicted octanol–water partition coefficient (Wildman–Crippen LogP) is 4.59. The van der Waals surface area contributed by atoms with Crippen LogP contribution in [0.4, 0.5) is 0 Å². The number of hydrogen-bond donors (Lipinski definition) is 1. The van der Waals surface area contributed by atoms with Crippen LogP contribution in [0.1, 0.15) is 61.2 Å². The molecular weight excluding hydrogens is 464 g/mol. The van der Waals surface area contributed by atoms with Crippen LogP contribution in [0.25, 0.3) is 10.9 Å². The molecule has 37 heavy (non-hydrogen) atoms. The van der Waals surface area contributed by atoms with E-state index in [4.69, 9.17) is 4.74 Å². The zero-order valence-corrected chi connectivity index (χ0v) is 21.8. The first-order valence-electron chi connectivity index (χ1n) is 13.4. The Morgan fingerprint density at radius 3 is 2.84 bits per heavy atom. The van der Waals surface area contributed by atoms with E-state index < -0.39 is 0 Å². The van der Waals surface area contributed by atoms with Gasteiger partial charge >= 0.3 is 0 Å². The minimum absolute atomic E-state index is 0.0208. The number of fused-ring (bicyclic) bond motifs is 1. The molecule has 1 aliphatic heterocycles. The second-order valence-corrected chi connectivity index (χ2v) is 10.0. The summed E-state index contributed by atoms with van der Waals surface area (Å²) in [6.07, 6.45) is 4.97. The van der Waals surface area contributed by atoms with Gasteiger partial charge in [0.25, 0.3) is 5.56 Å². The van der Waals surface area contributed by atoms with Crippen LogP contribution in [0.15, 0.2) is 59.4 Å². The highest BCUT2D eigenvalue weighted by molar-refractivity contribution is 5.81. The van der Waals surface area contributed by atoms with Crippen molar-refractivity contribution in [2.75, 3.05) is 13.2 Å². The monoisotopic (exact) mass is 500 g/mol. The SMILES string of the molecule is CCC[C@@H](c1nnnn1CCc1ccccc1)N(Cc1cc2cccc(C)c2[nH]c1=O)C[C@@H]1CCCO1. The molecule has 8 heteroatoms. The lowest BCUT2D eigenvalue weighted by Gasteiger charge is -2.32. The van der Waals surface area contributed by atoms with Crippen LogP contribution in [0.3, 0.4) is 0 Å². The number of pyridine rings is 1. The number of para-hydroxylation sites is 1. The standard InChI is InChI=1S/C29H36N6O2/c1-3-9-26(28-31-32-33-35(28)16-15-22-11-5-4-6-12-22)34(20-25-14-8-17-37-25)19-24-18-23-13-7-10-21(2)27(23)30-29(24)36/h4-7,10-13,18,25-26H,3,8-9,14-17,19-20H2,1-2H3,(H,30,36)/t25-,26-/m0/s1. The fourth-order valence-electron chi connectivity index (χ4n) is 5.35. The molecule has 0 unspecified atom stereocenters. The van der Waals surface area contributed by atoms with Crippen LogP contribution in [0.2, 0.25) is 0 Å². The van der Waals surface area contributed by atoms with Gasteiger partial charge in [0.15, 0.2) is 5.82 Å². The third-order valence-electron chi connectivity index (χ3n) is 7.32. The van der Waals surface area contributed by atoms with Crippen molar-refractivity contribution in [1.29, 1.82) is 0 Å². The Kier molecular flexibility index (Phi) is 8.06. The molecule has 4 aromatic rings. The van der Waals surface area contributed by atoms with Crippen LogP contribution < -0.4 is 5.56 Å². The molecule has 3 heterocycles. The number of hydrogen-bond acceptors (Lipinski definition) is 6. The lowest BCUT2D eigenvalue weighted by molar-refractivity contribution is 0.0475. The molecule has 2 aromatic heterocycles. The molecule has 1 saturated heterocycles. The van der Waals surface area contributed by atoms with Crippen molar-refractivity contribution >= 4 is 10.9 Å². The number of ether oxygens (including phenoxy) is 1. The molecule has 0 spiro atoms. The van der Waals surface area contributed by atoms with Gasteiger partial charge in [-0.25, -0.2) is 4.68 Å². The summed E-state index contributed by atoms with van der Waals surface area (Å²) in [5.41, 5.74) is 3.93. The van der Waals surface area contributed by atoms with Crippen molar-refractivity contribution in [1.82, 2.24) is 30.1 Å². The molecule has 8 nitrogen and oxygen atoms in total. The Labute approximate surface area is 217 Å². The van der Waals surface area contributed by atoms with E-state index in [0.717, 1.165) is 73.1 Å². The van der Waals surface area contributed by atoms with Gasteiger partial charge in [0, 0.05) is 31.8 Å². The van der Waals surface area contributed by atoms with Gasteiger partial charge in [-0.2, -0.15) is 0 Å². The van der Waals surface area contributed by atoms with Gasteiger partial charge in [-0.3, -0.25) is 9.69 Å². The number of tetrazole rings is 1. The molecule has 1 aliphatic rings. The number of nitrogens with one attached hydrogen (secondary N) is 1. The highest BCUT2D eigenvalue weighted by atomic mass is 16.5. The van der Waals surface area contributed by atoms with E-state index >= 15 is 0 Å². The molecule has 0 saturated carbocycles. The van der Waals surface area contributed by atoms with E-state index in [1.807, 2.05) is 35.9 Å². The molecule has 5 rings (SSSR count). The third kappa shape index (κ3) is 5.97. The second-order valence-electron chi connectivity index (χ2n) is 10.0. The highest BCUT2D eigenvalue weighted by Gasteiger charge is 2.30. The van der Waals surface area contributed by atoms with E-state index in [9.17, 15) is 4.79 Å². The van der Waals surface area contributed by atoms with Gasteiger partial charge in [-0.15, -0.1) is 5.10 Å². The first-order chi connectivity index (χ1) is 18.1. The van der Waals surface area contributed by atoms with Crippen LogP contribution in [0.5, 0.6) is 0 Å². The molecule has 0 aliphatic carbocycles. The second kappa shape index (κ2) is 11.8. The molecule has 1 fully saturated rings. The van der Waals surface area contributed by atoms with E-state index in [1.54, 1.807) is 0 Å². The Hall–Kier alpha value is -3.36. The van der Waals surface area contributed by atoms with Crippen LogP contribution in [0, 0.1) is 6.92 Å². The van der Waals surface area contributed by atoms with Gasteiger partial charge in [0.2, 0.25) is 0 Å². The number of aromatic nitrogens is 5. The van der Waals surface area contributed by atoms with Gasteiger partial charge in [0.05, 0.1) is 17.7 Å². The van der Waals surface area contributed by atoms with Gasteiger partial charge in [0.1, 0.15) is 0 Å². The maximum absolute atomic E-state index is 13.2. The average molecular weight is 501 g/mol. The number of nitrogens with zero attached hydrogens (tertiary/aromatic N) is 5. The first kappa shape index (κ1) is 25.3. The average Bonchev–Trinajstić information content (AvgIpc) is 3.60. The Morgan fingerprint density at radius 2 is 2.05 bits per heavy atom. The summed E-state index contributed by atoms with van der Waals surface area (Å²) < 4.78 is 7.97. The van der Waals surface area contributed by atoms with Crippen molar-refractivity contribution < 1.29 is 4.74 Å². The van der Waals surface area contributed by atoms with Gasteiger partial charge < -0.3 is 9.72 Å². The van der Waals surface area contributed by atoms with Crippen molar-refractivity contribution in [3.8, 4) is 0 Å². The van der Waals surface area contributed by atoms with E-state index in [-0.39, 0.29) is 17.7 Å². The van der Waals surface area contributed by atoms with Crippen LogP contribution >= 0.6 is 0 Å². The van der Waals surface area contributed by atoms with Crippen molar-refractivity contribution in [2.24, 2.45) is 0 Å². The van der Waals surface area contributed by atoms with Gasteiger partial charge in [-0.1, -0.05) is 61.9 Å². The lowest BCUT2D eigenvalue weighted by atomic mass is 10.0. The number of benzene rings is 2. The van der Waals surface area contributed by atoms with Crippen molar-refractivity contribution in [3.05, 3.63) is 87.5 Å². The number of aryl methyl sites for hydroxylation is 3. The summed E-state index contributed by atoms with van der Waals surface area (Å²) in [7, 11) is 0. The maximum Gasteiger partial charge on any atom is 0.252 e. The topological polar surface area (TPSA) is 88.9 Å². The molecule has 0 bridgehead atoms. The zero-order valence-electron chi connectivity index (χ0n) is 21.8. The molecule has 2 atom stereocenters. The fraction of sp³-hybridized carbons (Fsp3) is 0.448. The third-order valence-corrected chi connectivity index (χ3v) is 7.32. The summed E-state index contributed by atoms with van der Waals surface area (Å²) in [6, 6.07) is 18.5. The van der Waals surface area contributed by atoms with E-state index in [2.05, 4.69) is 62.7 Å². The van der Waals surface area contributed by atoms with Crippen LogP contribution in [-0.2, 0) is 24.2 Å². The van der Waals surface area contributed by atoms with Crippen LogP contribution in [-0.4, -0.2) is 49.3 Å². The predicted molar refractivity (Wildman–Crippen MR) is 144 cm³/mol. The number of aromatic amines is 1. The number of rotatable bonds is 11. The largest absolute Gasteiger partial charge is 0.377 e. The zero-order chi connectivity index (χ0) is 25.6. The minimum atomic E-state index is -0.0435. The summed E-state index contributed by atoms with van der Waals surface area (Å²) in [6.45, 7) is 6.95. The fourth-order valence-corrected chi connectivity index (χ4v) is 5.35. The summed E-state index contributed by atoms with van der Waals surface area (Å²) in [5.74, 6) is 0.851. The quantitative estimate of drug-likeness (QED) is 0.324. The Bertz CT molecular complexity index is 1360. The van der Waals surface area contributed by atoms with Crippen molar-refractivity contribution in [2.45, 2.75) is 71.2 Å². The molecular formula is C29H36N6O2. The van der Waals surface area contributed by atoms with E-state index in [1.165, 1.54) is 5.56 Å². The molecule has 194 valence electrons. The summed E-state index contributed by atoms with van der Waals surface area (Å²) in [5, 5.41) is 14.0. The molecule has 1 N–H and O–H groups in total. The van der Waals surface area contributed by atoms with Crippen molar-refractivity contribution in [3.63, 3.8) is 0 Å². The summed E-state index contributed by atoms with van der Waals surface area (Å²) in [4.78, 5) is 18.7. The number of H-pyrrole nitrogens is 1. The Balaban J connectivity index is 1.46. The first-order valence-corrected chi connectivity index (χ1v) is 13.4. The molecule has 0 amide bonds. The lowest BCUT2D eigenvalue weighted by Crippen LogP contribution is -2.38. The molecule has 0 radical (unpaired) electrons. The smallest absolute Gasteiger partial charge is 0.252 e. The van der Waals surface area contributed by atoms with E-state index in [0.29, 0.717) is 13.1 Å². The van der Waals surface area contributed by atoms with Gasteiger partial charge in [-0.05, 0) is 65.6 Å². The normalized spacial score (nSPS) is 16.6. The maximum atomic E-state index is 13.2. The highest BCUT2D eigenvalue weighted by Crippen LogP contribution is 2.28. The summed E-state index contributed by atoms with van der Waals surface area (Å²) >= 11 is 0.